The number of anilines is 1. The Kier molecular flexibility index (Phi) is 5.82. The van der Waals surface area contributed by atoms with Gasteiger partial charge < -0.3 is 9.84 Å². The van der Waals surface area contributed by atoms with Crippen molar-refractivity contribution in [2.24, 2.45) is 0 Å². The van der Waals surface area contributed by atoms with Crippen LogP contribution in [0.25, 0.3) is 0 Å². The molecule has 0 heterocycles. The summed E-state index contributed by atoms with van der Waals surface area (Å²) in [5, 5.41) is 9.13. The Morgan fingerprint density at radius 1 is 1.16 bits per heavy atom. The number of nitrogens with zero attached hydrogens (tertiary/aromatic N) is 1. The predicted octanol–water partition coefficient (Wildman–Crippen LogP) is 2.84. The molecular formula is C18H19NO5S. The lowest BCUT2D eigenvalue weighted by atomic mass is 10.2. The van der Waals surface area contributed by atoms with Gasteiger partial charge in [-0.25, -0.2) is 8.42 Å². The van der Waals surface area contributed by atoms with Gasteiger partial charge in [-0.2, -0.15) is 0 Å². The number of ether oxygens (including phenoxy) is 1. The van der Waals surface area contributed by atoms with E-state index in [-0.39, 0.29) is 10.6 Å². The number of carboxylic acid groups (broad SMARTS) is 1. The van der Waals surface area contributed by atoms with Crippen LogP contribution in [0.4, 0.5) is 5.69 Å². The molecule has 25 heavy (non-hydrogen) atoms. The smallest absolute Gasteiger partial charge is 0.324 e. The summed E-state index contributed by atoms with van der Waals surface area (Å²) in [6.07, 6.45) is 1.59. The quantitative estimate of drug-likeness (QED) is 0.731. The first-order valence-corrected chi connectivity index (χ1v) is 8.93. The van der Waals surface area contributed by atoms with Crippen LogP contribution in [0.1, 0.15) is 5.56 Å². The van der Waals surface area contributed by atoms with E-state index in [1.165, 1.54) is 24.3 Å². The fourth-order valence-electron chi connectivity index (χ4n) is 2.14. The van der Waals surface area contributed by atoms with Crippen molar-refractivity contribution >= 4 is 21.7 Å². The third kappa shape index (κ3) is 4.60. The van der Waals surface area contributed by atoms with Crippen LogP contribution >= 0.6 is 0 Å². The average Bonchev–Trinajstić information content (AvgIpc) is 2.58. The SMILES string of the molecule is C=CCOc1ccc(N(CC(=O)O)S(=O)(=O)c2ccc(C)cc2)cc1. The number of carboxylic acids is 1. The zero-order valence-electron chi connectivity index (χ0n) is 13.8. The summed E-state index contributed by atoms with van der Waals surface area (Å²) >= 11 is 0. The van der Waals surface area contributed by atoms with Crippen LogP contribution in [-0.2, 0) is 14.8 Å². The van der Waals surface area contributed by atoms with Gasteiger partial charge in [-0.05, 0) is 43.3 Å². The van der Waals surface area contributed by atoms with E-state index in [0.717, 1.165) is 9.87 Å². The molecule has 0 aliphatic rings. The number of rotatable bonds is 8. The molecule has 2 aromatic rings. The van der Waals surface area contributed by atoms with Crippen LogP contribution in [-0.4, -0.2) is 32.6 Å². The molecule has 132 valence electrons. The van der Waals surface area contributed by atoms with Gasteiger partial charge in [0.1, 0.15) is 18.9 Å². The number of hydrogen-bond acceptors (Lipinski definition) is 4. The Bertz CT molecular complexity index is 842. The Labute approximate surface area is 147 Å². The summed E-state index contributed by atoms with van der Waals surface area (Å²) in [5.41, 5.74) is 1.15. The van der Waals surface area contributed by atoms with E-state index in [4.69, 9.17) is 9.84 Å². The molecule has 6 nitrogen and oxygen atoms in total. The van der Waals surface area contributed by atoms with Crippen LogP contribution in [0, 0.1) is 6.92 Å². The van der Waals surface area contributed by atoms with E-state index in [9.17, 15) is 13.2 Å². The molecule has 0 amide bonds. The van der Waals surface area contributed by atoms with Crippen molar-refractivity contribution in [2.45, 2.75) is 11.8 Å². The summed E-state index contributed by atoms with van der Waals surface area (Å²) in [6, 6.07) is 12.4. The lowest BCUT2D eigenvalue weighted by molar-refractivity contribution is -0.135. The Morgan fingerprint density at radius 3 is 2.28 bits per heavy atom. The van der Waals surface area contributed by atoms with Crippen LogP contribution in [0.2, 0.25) is 0 Å². The second-order valence-corrected chi connectivity index (χ2v) is 7.17. The number of carbonyl (C=O) groups is 1. The molecule has 7 heteroatoms. The average molecular weight is 361 g/mol. The van der Waals surface area contributed by atoms with E-state index < -0.39 is 22.5 Å². The van der Waals surface area contributed by atoms with E-state index in [0.29, 0.717) is 12.4 Å². The number of aliphatic carboxylic acids is 1. The van der Waals surface area contributed by atoms with E-state index in [2.05, 4.69) is 6.58 Å². The maximum Gasteiger partial charge on any atom is 0.324 e. The first-order chi connectivity index (χ1) is 11.8. The molecule has 0 unspecified atom stereocenters. The van der Waals surface area contributed by atoms with E-state index in [1.54, 1.807) is 30.3 Å². The molecule has 1 N–H and O–H groups in total. The molecule has 0 aliphatic carbocycles. The van der Waals surface area contributed by atoms with Gasteiger partial charge in [-0.3, -0.25) is 9.10 Å². The third-order valence-electron chi connectivity index (χ3n) is 3.38. The summed E-state index contributed by atoms with van der Waals surface area (Å²) in [6.45, 7) is 5.03. The zero-order chi connectivity index (χ0) is 18.4. The molecule has 0 fully saturated rings. The minimum Gasteiger partial charge on any atom is -0.490 e. The van der Waals surface area contributed by atoms with Crippen molar-refractivity contribution in [1.29, 1.82) is 0 Å². The Morgan fingerprint density at radius 2 is 1.76 bits per heavy atom. The number of aryl methyl sites for hydroxylation is 1. The van der Waals surface area contributed by atoms with Crippen molar-refractivity contribution in [3.05, 3.63) is 66.7 Å². The van der Waals surface area contributed by atoms with Gasteiger partial charge in [0, 0.05) is 0 Å². The van der Waals surface area contributed by atoms with Gasteiger partial charge >= 0.3 is 5.97 Å². The van der Waals surface area contributed by atoms with E-state index in [1.807, 2.05) is 6.92 Å². The Hall–Kier alpha value is -2.80. The molecule has 0 aliphatic heterocycles. The second-order valence-electron chi connectivity index (χ2n) is 5.31. The first kappa shape index (κ1) is 18.5. The summed E-state index contributed by atoms with van der Waals surface area (Å²) in [7, 11) is -4.00. The van der Waals surface area contributed by atoms with Crippen LogP contribution in [0.5, 0.6) is 5.75 Å². The highest BCUT2D eigenvalue weighted by Crippen LogP contribution is 2.26. The maximum atomic E-state index is 12.9. The van der Waals surface area contributed by atoms with Crippen molar-refractivity contribution < 1.29 is 23.1 Å². The molecule has 0 spiro atoms. The topological polar surface area (TPSA) is 83.9 Å². The van der Waals surface area contributed by atoms with Gasteiger partial charge in [-0.15, -0.1) is 0 Å². The molecule has 2 aromatic carbocycles. The van der Waals surface area contributed by atoms with Gasteiger partial charge in [0.2, 0.25) is 0 Å². The van der Waals surface area contributed by atoms with Gasteiger partial charge in [-0.1, -0.05) is 30.4 Å². The third-order valence-corrected chi connectivity index (χ3v) is 5.17. The minimum absolute atomic E-state index is 0.0336. The maximum absolute atomic E-state index is 12.9. The molecule has 0 atom stereocenters. The molecular weight excluding hydrogens is 342 g/mol. The highest BCUT2D eigenvalue weighted by atomic mass is 32.2. The van der Waals surface area contributed by atoms with Gasteiger partial charge in [0.25, 0.3) is 10.0 Å². The largest absolute Gasteiger partial charge is 0.490 e. The molecule has 0 radical (unpaired) electrons. The fraction of sp³-hybridized carbons (Fsp3) is 0.167. The highest BCUT2D eigenvalue weighted by molar-refractivity contribution is 7.92. The molecule has 0 aromatic heterocycles. The van der Waals surface area contributed by atoms with Crippen molar-refractivity contribution in [1.82, 2.24) is 0 Å². The normalized spacial score (nSPS) is 10.9. The summed E-state index contributed by atoms with van der Waals surface area (Å²) in [4.78, 5) is 11.2. The van der Waals surface area contributed by atoms with E-state index >= 15 is 0 Å². The van der Waals surface area contributed by atoms with Crippen molar-refractivity contribution in [3.63, 3.8) is 0 Å². The van der Waals surface area contributed by atoms with Crippen molar-refractivity contribution in [2.75, 3.05) is 17.5 Å². The summed E-state index contributed by atoms with van der Waals surface area (Å²) < 4.78 is 31.9. The monoisotopic (exact) mass is 361 g/mol. The number of hydrogen-bond donors (Lipinski definition) is 1. The molecule has 0 saturated carbocycles. The number of benzene rings is 2. The summed E-state index contributed by atoms with van der Waals surface area (Å²) in [5.74, 6) is -0.714. The first-order valence-electron chi connectivity index (χ1n) is 7.49. The minimum atomic E-state index is -4.00. The van der Waals surface area contributed by atoms with Gasteiger partial charge in [0.15, 0.2) is 0 Å². The lowest BCUT2D eigenvalue weighted by Crippen LogP contribution is -2.35. The molecule has 0 bridgehead atoms. The van der Waals surface area contributed by atoms with Gasteiger partial charge in [0.05, 0.1) is 10.6 Å². The molecule has 0 saturated heterocycles. The number of sulfonamides is 1. The van der Waals surface area contributed by atoms with Crippen molar-refractivity contribution in [3.8, 4) is 5.75 Å². The van der Waals surface area contributed by atoms with Crippen LogP contribution < -0.4 is 9.04 Å². The fourth-order valence-corrected chi connectivity index (χ4v) is 3.55. The predicted molar refractivity (Wildman–Crippen MR) is 95.5 cm³/mol. The zero-order valence-corrected chi connectivity index (χ0v) is 14.6. The second kappa shape index (κ2) is 7.85. The Balaban J connectivity index is 2.39. The standard InChI is InChI=1S/C18H19NO5S/c1-3-12-24-16-8-6-15(7-9-16)19(13-18(20)21)25(22,23)17-10-4-14(2)5-11-17/h3-11H,1,12-13H2,2H3,(H,20,21). The van der Waals surface area contributed by atoms with Crippen LogP contribution in [0.3, 0.4) is 0 Å². The van der Waals surface area contributed by atoms with Crippen LogP contribution in [0.15, 0.2) is 66.1 Å². The molecule has 2 rings (SSSR count). The lowest BCUT2D eigenvalue weighted by Gasteiger charge is -2.23. The highest BCUT2D eigenvalue weighted by Gasteiger charge is 2.27.